The molecule has 1 aliphatic rings. The monoisotopic (exact) mass is 304 g/mol. The van der Waals surface area contributed by atoms with E-state index in [2.05, 4.69) is 49.8 Å². The van der Waals surface area contributed by atoms with Gasteiger partial charge in [0, 0.05) is 29.1 Å². The molecule has 1 aliphatic heterocycles. The van der Waals surface area contributed by atoms with E-state index in [4.69, 9.17) is 0 Å². The Morgan fingerprint density at radius 1 is 1.47 bits per heavy atom. The molecule has 1 atom stereocenters. The first-order valence-corrected chi connectivity index (χ1v) is 7.90. The molecular weight excluding hydrogens is 292 g/mol. The lowest BCUT2D eigenvalue weighted by Crippen LogP contribution is -2.23. The molecule has 1 aromatic rings. The van der Waals surface area contributed by atoms with Gasteiger partial charge in [-0.25, -0.2) is 4.98 Å². The maximum Gasteiger partial charge on any atom is 0.127 e. The number of pyridine rings is 1. The van der Waals surface area contributed by atoms with Crippen LogP contribution in [0, 0.1) is 0 Å². The van der Waals surface area contributed by atoms with Gasteiger partial charge in [-0.1, -0.05) is 6.07 Å². The van der Waals surface area contributed by atoms with Gasteiger partial charge in [0.05, 0.1) is 0 Å². The lowest BCUT2D eigenvalue weighted by atomic mass is 10.4. The van der Waals surface area contributed by atoms with Crippen LogP contribution in [-0.4, -0.2) is 34.0 Å². The molecule has 0 radical (unpaired) electrons. The van der Waals surface area contributed by atoms with Crippen LogP contribution in [0.4, 0.5) is 5.82 Å². The summed E-state index contributed by atoms with van der Waals surface area (Å²) in [5, 5.41) is 4.11. The molecule has 2 heterocycles. The van der Waals surface area contributed by atoms with Crippen molar-refractivity contribution in [1.29, 1.82) is 0 Å². The summed E-state index contributed by atoms with van der Waals surface area (Å²) in [4.78, 5) is 4.35. The van der Waals surface area contributed by atoms with Crippen molar-refractivity contribution in [3.8, 4) is 0 Å². The molecule has 1 unspecified atom stereocenters. The second-order valence-corrected chi connectivity index (χ2v) is 6.66. The minimum Gasteiger partial charge on any atom is -0.369 e. The van der Waals surface area contributed by atoms with Crippen molar-refractivity contribution in [2.24, 2.45) is 0 Å². The van der Waals surface area contributed by atoms with E-state index in [-0.39, 0.29) is 0 Å². The number of rotatable bonds is 3. The van der Waals surface area contributed by atoms with Gasteiger partial charge in [0.15, 0.2) is 0 Å². The van der Waals surface area contributed by atoms with Crippen molar-refractivity contribution in [1.82, 2.24) is 4.98 Å². The highest BCUT2D eigenvalue weighted by atomic mass is 79.9. The molecule has 15 heavy (non-hydrogen) atoms. The van der Waals surface area contributed by atoms with Crippen LogP contribution in [0.25, 0.3) is 0 Å². The van der Waals surface area contributed by atoms with Gasteiger partial charge in [-0.2, -0.15) is 23.5 Å². The largest absolute Gasteiger partial charge is 0.369 e. The first-order chi connectivity index (χ1) is 7.34. The molecular formula is C10H13BrN2S2. The summed E-state index contributed by atoms with van der Waals surface area (Å²) in [6.45, 7) is 1.02. The van der Waals surface area contributed by atoms with E-state index in [9.17, 15) is 0 Å². The highest BCUT2D eigenvalue weighted by Gasteiger charge is 2.13. The third kappa shape index (κ3) is 3.89. The van der Waals surface area contributed by atoms with Crippen LogP contribution in [0.15, 0.2) is 22.8 Å². The number of thioether (sulfide) groups is 2. The molecule has 1 N–H and O–H groups in total. The Bertz CT molecular complexity index is 316. The summed E-state index contributed by atoms with van der Waals surface area (Å²) in [5.74, 6) is 4.80. The van der Waals surface area contributed by atoms with Crippen LogP contribution in [0.1, 0.15) is 0 Å². The summed E-state index contributed by atoms with van der Waals surface area (Å²) in [6, 6.07) is 5.95. The zero-order chi connectivity index (χ0) is 10.5. The van der Waals surface area contributed by atoms with Crippen LogP contribution >= 0.6 is 39.5 Å². The Morgan fingerprint density at radius 3 is 3.13 bits per heavy atom. The van der Waals surface area contributed by atoms with E-state index in [1.807, 2.05) is 18.2 Å². The molecule has 0 bridgehead atoms. The van der Waals surface area contributed by atoms with Crippen LogP contribution in [0.5, 0.6) is 0 Å². The summed E-state index contributed by atoms with van der Waals surface area (Å²) in [5.41, 5.74) is 0. The Hall–Kier alpha value is 0.130. The van der Waals surface area contributed by atoms with Crippen molar-refractivity contribution in [3.05, 3.63) is 22.8 Å². The molecule has 1 saturated heterocycles. The lowest BCUT2D eigenvalue weighted by molar-refractivity contribution is 0.991. The van der Waals surface area contributed by atoms with Gasteiger partial charge >= 0.3 is 0 Å². The standard InChI is InChI=1S/C10H13BrN2S2/c11-9-2-1-3-10(13-9)12-6-8-7-14-4-5-15-8/h1-3,8H,4-7H2,(H,12,13). The summed E-state index contributed by atoms with van der Waals surface area (Å²) in [7, 11) is 0. The minimum atomic E-state index is 0.726. The average Bonchev–Trinajstić information content (AvgIpc) is 2.28. The molecule has 0 spiro atoms. The Kier molecular flexibility index (Phi) is 4.65. The first kappa shape index (κ1) is 11.6. The summed E-state index contributed by atoms with van der Waals surface area (Å²) >= 11 is 7.48. The third-order valence-electron chi connectivity index (χ3n) is 2.11. The fourth-order valence-electron chi connectivity index (χ4n) is 1.38. The van der Waals surface area contributed by atoms with Gasteiger partial charge in [0.1, 0.15) is 10.4 Å². The SMILES string of the molecule is Brc1cccc(NCC2CSCCS2)n1. The number of hydrogen-bond donors (Lipinski definition) is 1. The first-order valence-electron chi connectivity index (χ1n) is 4.90. The highest BCUT2D eigenvalue weighted by molar-refractivity contribution is 9.10. The summed E-state index contributed by atoms with van der Waals surface area (Å²) in [6.07, 6.45) is 0. The Labute approximate surface area is 107 Å². The molecule has 0 amide bonds. The van der Waals surface area contributed by atoms with Crippen molar-refractivity contribution in [2.45, 2.75) is 5.25 Å². The zero-order valence-corrected chi connectivity index (χ0v) is 11.5. The second kappa shape index (κ2) is 6.01. The van der Waals surface area contributed by atoms with Gasteiger partial charge in [-0.15, -0.1) is 0 Å². The van der Waals surface area contributed by atoms with E-state index in [0.717, 1.165) is 22.2 Å². The molecule has 0 saturated carbocycles. The summed E-state index contributed by atoms with van der Waals surface area (Å²) < 4.78 is 0.887. The molecule has 1 aromatic heterocycles. The number of nitrogens with zero attached hydrogens (tertiary/aromatic N) is 1. The quantitative estimate of drug-likeness (QED) is 0.868. The van der Waals surface area contributed by atoms with Gasteiger partial charge in [0.25, 0.3) is 0 Å². The minimum absolute atomic E-state index is 0.726. The normalized spacial score (nSPS) is 21.3. The predicted octanol–water partition coefficient (Wildman–Crippen LogP) is 3.10. The average molecular weight is 305 g/mol. The molecule has 2 nitrogen and oxygen atoms in total. The van der Waals surface area contributed by atoms with Gasteiger partial charge in [-0.3, -0.25) is 0 Å². The van der Waals surface area contributed by atoms with Crippen molar-refractivity contribution in [2.75, 3.05) is 29.1 Å². The van der Waals surface area contributed by atoms with Crippen LogP contribution in [0.3, 0.4) is 0 Å². The van der Waals surface area contributed by atoms with E-state index in [0.29, 0.717) is 0 Å². The van der Waals surface area contributed by atoms with Crippen molar-refractivity contribution < 1.29 is 0 Å². The van der Waals surface area contributed by atoms with Gasteiger partial charge in [0.2, 0.25) is 0 Å². The van der Waals surface area contributed by atoms with Crippen LogP contribution < -0.4 is 5.32 Å². The fraction of sp³-hybridized carbons (Fsp3) is 0.500. The maximum atomic E-state index is 4.35. The zero-order valence-electron chi connectivity index (χ0n) is 8.28. The number of halogens is 1. The number of hydrogen-bond acceptors (Lipinski definition) is 4. The molecule has 2 rings (SSSR count). The molecule has 82 valence electrons. The van der Waals surface area contributed by atoms with Crippen molar-refractivity contribution in [3.63, 3.8) is 0 Å². The number of aromatic nitrogens is 1. The maximum absolute atomic E-state index is 4.35. The number of anilines is 1. The lowest BCUT2D eigenvalue weighted by Gasteiger charge is -2.21. The molecule has 5 heteroatoms. The smallest absolute Gasteiger partial charge is 0.127 e. The number of nitrogens with one attached hydrogen (secondary N) is 1. The molecule has 0 aromatic carbocycles. The predicted molar refractivity (Wildman–Crippen MR) is 74.0 cm³/mol. The van der Waals surface area contributed by atoms with Crippen LogP contribution in [-0.2, 0) is 0 Å². The fourth-order valence-corrected chi connectivity index (χ4v) is 4.34. The van der Waals surface area contributed by atoms with Gasteiger partial charge in [-0.05, 0) is 28.1 Å². The second-order valence-electron chi connectivity index (χ2n) is 3.29. The third-order valence-corrected chi connectivity index (χ3v) is 5.40. The van der Waals surface area contributed by atoms with E-state index in [1.54, 1.807) is 0 Å². The van der Waals surface area contributed by atoms with E-state index in [1.165, 1.54) is 17.3 Å². The Balaban J connectivity index is 1.81. The van der Waals surface area contributed by atoms with E-state index < -0.39 is 0 Å². The van der Waals surface area contributed by atoms with Gasteiger partial charge < -0.3 is 5.32 Å². The van der Waals surface area contributed by atoms with Crippen molar-refractivity contribution >= 4 is 45.3 Å². The molecule has 0 aliphatic carbocycles. The molecule has 1 fully saturated rings. The highest BCUT2D eigenvalue weighted by Crippen LogP contribution is 2.24. The Morgan fingerprint density at radius 2 is 2.40 bits per heavy atom. The van der Waals surface area contributed by atoms with E-state index >= 15 is 0 Å². The van der Waals surface area contributed by atoms with Crippen LogP contribution in [0.2, 0.25) is 0 Å². The topological polar surface area (TPSA) is 24.9 Å².